The molecule has 0 aliphatic heterocycles. The second-order valence-corrected chi connectivity index (χ2v) is 4.44. The summed E-state index contributed by atoms with van der Waals surface area (Å²) in [7, 11) is 0. The van der Waals surface area contributed by atoms with Crippen molar-refractivity contribution in [3.63, 3.8) is 0 Å². The molecule has 2 aromatic rings. The summed E-state index contributed by atoms with van der Waals surface area (Å²) in [6, 6.07) is 6.27. The summed E-state index contributed by atoms with van der Waals surface area (Å²) in [5.74, 6) is 0. The number of rotatable bonds is 4. The molecular formula is C11H10N2O3S. The number of aromatic nitrogens is 1. The molecule has 0 spiro atoms. The zero-order valence-corrected chi connectivity index (χ0v) is 9.63. The van der Waals surface area contributed by atoms with Crippen LogP contribution in [-0.2, 0) is 6.42 Å². The van der Waals surface area contributed by atoms with E-state index in [1.54, 1.807) is 23.7 Å². The fourth-order valence-corrected chi connectivity index (χ4v) is 2.13. The molecule has 0 aliphatic rings. The third-order valence-corrected chi connectivity index (χ3v) is 3.16. The minimum atomic E-state index is -0.711. The van der Waals surface area contributed by atoms with E-state index < -0.39 is 11.0 Å². The van der Waals surface area contributed by atoms with E-state index in [4.69, 9.17) is 0 Å². The molecule has 1 heterocycles. The number of aliphatic hydroxyl groups excluding tert-OH is 1. The van der Waals surface area contributed by atoms with Crippen LogP contribution in [0.5, 0.6) is 0 Å². The van der Waals surface area contributed by atoms with Crippen LogP contribution in [0.15, 0.2) is 35.8 Å². The molecule has 1 aromatic heterocycles. The first kappa shape index (κ1) is 11.7. The lowest BCUT2D eigenvalue weighted by molar-refractivity contribution is -0.384. The standard InChI is InChI=1S/C11H10N2O3S/c14-10(11-12-4-5-17-11)7-8-2-1-3-9(6-8)13(15)16/h1-6,10,14H,7H2. The van der Waals surface area contributed by atoms with Crippen molar-refractivity contribution in [3.8, 4) is 0 Å². The van der Waals surface area contributed by atoms with Gasteiger partial charge in [-0.15, -0.1) is 11.3 Å². The Labute approximate surface area is 102 Å². The summed E-state index contributed by atoms with van der Waals surface area (Å²) in [5, 5.41) is 22.9. The van der Waals surface area contributed by atoms with Crippen molar-refractivity contribution in [3.05, 3.63) is 56.5 Å². The number of nitro groups is 1. The quantitative estimate of drug-likeness (QED) is 0.667. The Morgan fingerprint density at radius 3 is 3.00 bits per heavy atom. The molecule has 0 bridgehead atoms. The van der Waals surface area contributed by atoms with Crippen LogP contribution in [0.25, 0.3) is 0 Å². The molecule has 0 aliphatic carbocycles. The summed E-state index contributed by atoms with van der Waals surface area (Å²) < 4.78 is 0. The van der Waals surface area contributed by atoms with Crippen molar-refractivity contribution in [2.45, 2.75) is 12.5 Å². The van der Waals surface area contributed by atoms with Crippen LogP contribution in [0.3, 0.4) is 0 Å². The van der Waals surface area contributed by atoms with Gasteiger partial charge in [0.2, 0.25) is 0 Å². The number of nitro benzene ring substituents is 1. The monoisotopic (exact) mass is 250 g/mol. The molecule has 1 atom stereocenters. The number of nitrogens with zero attached hydrogens (tertiary/aromatic N) is 2. The maximum Gasteiger partial charge on any atom is 0.269 e. The van der Waals surface area contributed by atoms with E-state index >= 15 is 0 Å². The molecular weight excluding hydrogens is 240 g/mol. The fraction of sp³-hybridized carbons (Fsp3) is 0.182. The highest BCUT2D eigenvalue weighted by Gasteiger charge is 2.13. The van der Waals surface area contributed by atoms with Gasteiger partial charge >= 0.3 is 0 Å². The van der Waals surface area contributed by atoms with Gasteiger partial charge < -0.3 is 5.11 Å². The molecule has 0 fully saturated rings. The average Bonchev–Trinajstić information content (AvgIpc) is 2.82. The van der Waals surface area contributed by atoms with E-state index in [1.807, 2.05) is 0 Å². The molecule has 5 nitrogen and oxygen atoms in total. The van der Waals surface area contributed by atoms with Gasteiger partial charge in [-0.2, -0.15) is 0 Å². The first-order chi connectivity index (χ1) is 8.16. The maximum atomic E-state index is 10.6. The van der Waals surface area contributed by atoms with Gasteiger partial charge in [-0.1, -0.05) is 12.1 Å². The van der Waals surface area contributed by atoms with Gasteiger partial charge in [0.25, 0.3) is 5.69 Å². The SMILES string of the molecule is O=[N+]([O-])c1cccc(CC(O)c2nccs2)c1. The van der Waals surface area contributed by atoms with Crippen molar-refractivity contribution in [2.75, 3.05) is 0 Å². The topological polar surface area (TPSA) is 76.3 Å². The normalized spacial score (nSPS) is 12.3. The number of benzene rings is 1. The van der Waals surface area contributed by atoms with E-state index in [0.29, 0.717) is 11.4 Å². The second kappa shape index (κ2) is 5.03. The minimum Gasteiger partial charge on any atom is -0.386 e. The van der Waals surface area contributed by atoms with Crippen LogP contribution in [0.2, 0.25) is 0 Å². The van der Waals surface area contributed by atoms with E-state index in [1.165, 1.54) is 23.5 Å². The second-order valence-electron chi connectivity index (χ2n) is 3.52. The summed E-state index contributed by atoms with van der Waals surface area (Å²) in [4.78, 5) is 14.2. The van der Waals surface area contributed by atoms with E-state index in [-0.39, 0.29) is 5.69 Å². The Hall–Kier alpha value is -1.79. The molecule has 88 valence electrons. The molecule has 1 aromatic carbocycles. The van der Waals surface area contributed by atoms with E-state index in [0.717, 1.165) is 5.56 Å². The number of thiazole rings is 1. The van der Waals surface area contributed by atoms with Crippen molar-refractivity contribution in [2.24, 2.45) is 0 Å². The van der Waals surface area contributed by atoms with Crippen molar-refractivity contribution in [1.29, 1.82) is 0 Å². The Morgan fingerprint density at radius 2 is 2.35 bits per heavy atom. The summed E-state index contributed by atoms with van der Waals surface area (Å²) in [6.07, 6.45) is 1.24. The van der Waals surface area contributed by atoms with Crippen LogP contribution in [-0.4, -0.2) is 15.0 Å². The zero-order valence-electron chi connectivity index (χ0n) is 8.81. The molecule has 0 saturated carbocycles. The van der Waals surface area contributed by atoms with Crippen molar-refractivity contribution < 1.29 is 10.0 Å². The zero-order chi connectivity index (χ0) is 12.3. The smallest absolute Gasteiger partial charge is 0.269 e. The third kappa shape index (κ3) is 2.86. The van der Waals surface area contributed by atoms with Gasteiger partial charge in [0, 0.05) is 30.1 Å². The molecule has 1 N–H and O–H groups in total. The lowest BCUT2D eigenvalue weighted by Crippen LogP contribution is -2.01. The van der Waals surface area contributed by atoms with Gasteiger partial charge in [0.15, 0.2) is 0 Å². The fourth-order valence-electron chi connectivity index (χ4n) is 1.51. The van der Waals surface area contributed by atoms with Gasteiger partial charge in [-0.3, -0.25) is 10.1 Å². The largest absolute Gasteiger partial charge is 0.386 e. The van der Waals surface area contributed by atoms with Crippen LogP contribution in [0.1, 0.15) is 16.7 Å². The summed E-state index contributed by atoms with van der Waals surface area (Å²) in [6.45, 7) is 0. The maximum absolute atomic E-state index is 10.6. The molecule has 0 amide bonds. The number of hydrogen-bond acceptors (Lipinski definition) is 5. The van der Waals surface area contributed by atoms with Gasteiger partial charge in [0.1, 0.15) is 11.1 Å². The highest BCUT2D eigenvalue weighted by Crippen LogP contribution is 2.22. The van der Waals surface area contributed by atoms with Crippen LogP contribution in [0.4, 0.5) is 5.69 Å². The van der Waals surface area contributed by atoms with Crippen LogP contribution < -0.4 is 0 Å². The average molecular weight is 250 g/mol. The van der Waals surface area contributed by atoms with Crippen molar-refractivity contribution >= 4 is 17.0 Å². The molecule has 2 rings (SSSR count). The number of aliphatic hydroxyl groups is 1. The first-order valence-corrected chi connectivity index (χ1v) is 5.85. The molecule has 6 heteroatoms. The van der Waals surface area contributed by atoms with Gasteiger partial charge in [-0.05, 0) is 5.56 Å². The Kier molecular flexibility index (Phi) is 3.46. The number of non-ortho nitro benzene ring substituents is 1. The first-order valence-electron chi connectivity index (χ1n) is 4.97. The van der Waals surface area contributed by atoms with E-state index in [2.05, 4.69) is 4.98 Å². The Bertz CT molecular complexity index is 513. The number of hydrogen-bond donors (Lipinski definition) is 1. The Balaban J connectivity index is 2.13. The predicted molar refractivity (Wildman–Crippen MR) is 63.9 cm³/mol. The van der Waals surface area contributed by atoms with E-state index in [9.17, 15) is 15.2 Å². The molecule has 1 unspecified atom stereocenters. The molecule has 0 saturated heterocycles. The third-order valence-electron chi connectivity index (χ3n) is 2.29. The molecule has 17 heavy (non-hydrogen) atoms. The van der Waals surface area contributed by atoms with Gasteiger partial charge in [0.05, 0.1) is 4.92 Å². The Morgan fingerprint density at radius 1 is 1.53 bits per heavy atom. The highest BCUT2D eigenvalue weighted by atomic mass is 32.1. The highest BCUT2D eigenvalue weighted by molar-refractivity contribution is 7.09. The van der Waals surface area contributed by atoms with Crippen LogP contribution >= 0.6 is 11.3 Å². The lowest BCUT2D eigenvalue weighted by atomic mass is 10.1. The van der Waals surface area contributed by atoms with Gasteiger partial charge in [-0.25, -0.2) is 4.98 Å². The minimum absolute atomic E-state index is 0.0360. The summed E-state index contributed by atoms with van der Waals surface area (Å²) in [5.41, 5.74) is 0.760. The van der Waals surface area contributed by atoms with Crippen LogP contribution in [0, 0.1) is 10.1 Å². The summed E-state index contributed by atoms with van der Waals surface area (Å²) >= 11 is 1.37. The predicted octanol–water partition coefficient (Wildman–Crippen LogP) is 2.33. The lowest BCUT2D eigenvalue weighted by Gasteiger charge is -2.06. The van der Waals surface area contributed by atoms with Crippen molar-refractivity contribution in [1.82, 2.24) is 4.98 Å². The molecule has 0 radical (unpaired) electrons.